The van der Waals surface area contributed by atoms with Gasteiger partial charge in [-0.05, 0) is 58.4 Å². The van der Waals surface area contributed by atoms with Gasteiger partial charge in [0.15, 0.2) is 0 Å². The maximum Gasteiger partial charge on any atom is 0.133 e. The van der Waals surface area contributed by atoms with Gasteiger partial charge in [-0.25, -0.2) is 0 Å². The van der Waals surface area contributed by atoms with Crippen LogP contribution >= 0.6 is 15.9 Å². The van der Waals surface area contributed by atoms with Crippen LogP contribution in [0.15, 0.2) is 47.2 Å². The molecule has 19 heavy (non-hydrogen) atoms. The van der Waals surface area contributed by atoms with Crippen molar-refractivity contribution in [2.45, 2.75) is 13.0 Å². The molecule has 1 aromatic heterocycles. The summed E-state index contributed by atoms with van der Waals surface area (Å²) in [7, 11) is 1.94. The Bertz CT molecular complexity index is 517. The molecular weight excluding hydrogens is 304 g/mol. The quantitative estimate of drug-likeness (QED) is 0.887. The van der Waals surface area contributed by atoms with Crippen molar-refractivity contribution >= 4 is 15.9 Å². The zero-order valence-electron chi connectivity index (χ0n) is 10.9. The van der Waals surface area contributed by atoms with E-state index in [1.807, 2.05) is 25.2 Å². The fourth-order valence-electron chi connectivity index (χ4n) is 1.80. The lowest BCUT2D eigenvalue weighted by Gasteiger charge is -2.09. The molecule has 1 N–H and O–H groups in total. The zero-order valence-corrected chi connectivity index (χ0v) is 12.5. The Hall–Kier alpha value is -1.39. The second-order valence-electron chi connectivity index (χ2n) is 4.25. The molecule has 4 heteroatoms. The van der Waals surface area contributed by atoms with Gasteiger partial charge in [-0.2, -0.15) is 0 Å². The van der Waals surface area contributed by atoms with Crippen molar-refractivity contribution in [1.29, 1.82) is 0 Å². The van der Waals surface area contributed by atoms with E-state index in [0.717, 1.165) is 23.2 Å². The van der Waals surface area contributed by atoms with Gasteiger partial charge in [0.25, 0.3) is 0 Å². The van der Waals surface area contributed by atoms with Crippen molar-refractivity contribution < 1.29 is 4.74 Å². The number of benzene rings is 1. The van der Waals surface area contributed by atoms with Crippen LogP contribution in [0.4, 0.5) is 0 Å². The Labute approximate surface area is 122 Å². The summed E-state index contributed by atoms with van der Waals surface area (Å²) in [5.41, 5.74) is 2.47. The molecule has 0 amide bonds. The molecule has 0 aliphatic rings. The first-order chi connectivity index (χ1) is 9.29. The first kappa shape index (κ1) is 14.0. The second-order valence-corrected chi connectivity index (χ2v) is 5.10. The first-order valence-electron chi connectivity index (χ1n) is 6.24. The molecule has 2 aromatic rings. The van der Waals surface area contributed by atoms with Gasteiger partial charge in [0.05, 0.1) is 11.1 Å². The SMILES string of the molecule is CNCc1ccc(OCCc2ccncc2)c(Br)c1. The van der Waals surface area contributed by atoms with E-state index in [2.05, 4.69) is 38.4 Å². The van der Waals surface area contributed by atoms with E-state index in [9.17, 15) is 0 Å². The summed E-state index contributed by atoms with van der Waals surface area (Å²) in [5, 5.41) is 3.13. The second kappa shape index (κ2) is 7.26. The van der Waals surface area contributed by atoms with Crippen molar-refractivity contribution in [3.05, 3.63) is 58.3 Å². The first-order valence-corrected chi connectivity index (χ1v) is 7.03. The number of ether oxygens (including phenoxy) is 1. The minimum absolute atomic E-state index is 0.661. The van der Waals surface area contributed by atoms with Gasteiger partial charge in [-0.3, -0.25) is 4.98 Å². The van der Waals surface area contributed by atoms with Crippen molar-refractivity contribution in [3.8, 4) is 5.75 Å². The van der Waals surface area contributed by atoms with Crippen LogP contribution in [0.5, 0.6) is 5.75 Å². The number of hydrogen-bond donors (Lipinski definition) is 1. The Kier molecular flexibility index (Phi) is 5.36. The lowest BCUT2D eigenvalue weighted by atomic mass is 10.2. The molecule has 0 unspecified atom stereocenters. The third kappa shape index (κ3) is 4.33. The number of aromatic nitrogens is 1. The van der Waals surface area contributed by atoms with Crippen molar-refractivity contribution in [2.75, 3.05) is 13.7 Å². The van der Waals surface area contributed by atoms with Crippen molar-refractivity contribution in [3.63, 3.8) is 0 Å². The van der Waals surface area contributed by atoms with Gasteiger partial charge in [-0.1, -0.05) is 6.07 Å². The molecule has 0 bridgehead atoms. The molecule has 0 aliphatic carbocycles. The van der Waals surface area contributed by atoms with E-state index in [-0.39, 0.29) is 0 Å². The van der Waals surface area contributed by atoms with E-state index in [1.165, 1.54) is 11.1 Å². The summed E-state index contributed by atoms with van der Waals surface area (Å²) in [6.07, 6.45) is 4.49. The molecule has 1 aromatic carbocycles. The minimum atomic E-state index is 0.661. The third-order valence-corrected chi connectivity index (χ3v) is 3.39. The molecule has 2 rings (SSSR count). The maximum absolute atomic E-state index is 5.79. The smallest absolute Gasteiger partial charge is 0.133 e. The maximum atomic E-state index is 5.79. The summed E-state index contributed by atoms with van der Waals surface area (Å²) >= 11 is 3.54. The van der Waals surface area contributed by atoms with Crippen LogP contribution in [0.1, 0.15) is 11.1 Å². The number of hydrogen-bond acceptors (Lipinski definition) is 3. The third-order valence-electron chi connectivity index (χ3n) is 2.77. The summed E-state index contributed by atoms with van der Waals surface area (Å²) in [4.78, 5) is 4.00. The molecule has 0 saturated heterocycles. The molecule has 0 radical (unpaired) electrons. The molecule has 0 atom stereocenters. The number of rotatable bonds is 6. The predicted octanol–water partition coefficient (Wildman–Crippen LogP) is 3.19. The van der Waals surface area contributed by atoms with Crippen LogP contribution in [0, 0.1) is 0 Å². The highest BCUT2D eigenvalue weighted by atomic mass is 79.9. The highest BCUT2D eigenvalue weighted by Crippen LogP contribution is 2.26. The summed E-state index contributed by atoms with van der Waals surface area (Å²) in [5.74, 6) is 0.883. The fraction of sp³-hybridized carbons (Fsp3) is 0.267. The van der Waals surface area contributed by atoms with Crippen LogP contribution in [0.2, 0.25) is 0 Å². The minimum Gasteiger partial charge on any atom is -0.492 e. The van der Waals surface area contributed by atoms with Gasteiger partial charge in [0, 0.05) is 25.4 Å². The van der Waals surface area contributed by atoms with E-state index in [1.54, 1.807) is 12.4 Å². The lowest BCUT2D eigenvalue weighted by molar-refractivity contribution is 0.320. The topological polar surface area (TPSA) is 34.1 Å². The number of pyridine rings is 1. The summed E-state index contributed by atoms with van der Waals surface area (Å²) in [6, 6.07) is 10.2. The van der Waals surface area contributed by atoms with Gasteiger partial charge in [-0.15, -0.1) is 0 Å². The zero-order chi connectivity index (χ0) is 13.5. The average Bonchev–Trinajstić information content (AvgIpc) is 2.43. The molecule has 0 fully saturated rings. The number of halogens is 1. The van der Waals surface area contributed by atoms with E-state index >= 15 is 0 Å². The number of nitrogens with zero attached hydrogens (tertiary/aromatic N) is 1. The van der Waals surface area contributed by atoms with E-state index < -0.39 is 0 Å². The van der Waals surface area contributed by atoms with E-state index in [4.69, 9.17) is 4.74 Å². The van der Waals surface area contributed by atoms with E-state index in [0.29, 0.717) is 6.61 Å². The molecule has 1 heterocycles. The van der Waals surface area contributed by atoms with Gasteiger partial charge >= 0.3 is 0 Å². The largest absolute Gasteiger partial charge is 0.492 e. The molecule has 0 saturated carbocycles. The fourth-order valence-corrected chi connectivity index (χ4v) is 2.34. The average molecular weight is 321 g/mol. The molecule has 0 spiro atoms. The van der Waals surface area contributed by atoms with Crippen LogP contribution in [0.3, 0.4) is 0 Å². The van der Waals surface area contributed by atoms with Crippen molar-refractivity contribution in [1.82, 2.24) is 10.3 Å². The molecular formula is C15H17BrN2O. The molecule has 0 aliphatic heterocycles. The molecule has 3 nitrogen and oxygen atoms in total. The van der Waals surface area contributed by atoms with Crippen molar-refractivity contribution in [2.24, 2.45) is 0 Å². The summed E-state index contributed by atoms with van der Waals surface area (Å²) in [6.45, 7) is 1.52. The Balaban J connectivity index is 1.89. The highest BCUT2D eigenvalue weighted by molar-refractivity contribution is 9.10. The monoisotopic (exact) mass is 320 g/mol. The normalized spacial score (nSPS) is 10.4. The van der Waals surface area contributed by atoms with Gasteiger partial charge in [0.2, 0.25) is 0 Å². The van der Waals surface area contributed by atoms with Gasteiger partial charge < -0.3 is 10.1 Å². The standard InChI is InChI=1S/C15H17BrN2O/c1-17-11-13-2-3-15(14(16)10-13)19-9-6-12-4-7-18-8-5-12/h2-5,7-8,10,17H,6,9,11H2,1H3. The molecule has 100 valence electrons. The van der Waals surface area contributed by atoms with Crippen LogP contribution in [-0.2, 0) is 13.0 Å². The Morgan fingerprint density at radius 3 is 2.63 bits per heavy atom. The van der Waals surface area contributed by atoms with Crippen LogP contribution in [0.25, 0.3) is 0 Å². The van der Waals surface area contributed by atoms with Crippen LogP contribution < -0.4 is 10.1 Å². The van der Waals surface area contributed by atoms with Gasteiger partial charge in [0.1, 0.15) is 5.75 Å². The van der Waals surface area contributed by atoms with Crippen LogP contribution in [-0.4, -0.2) is 18.6 Å². The Morgan fingerprint density at radius 1 is 1.16 bits per heavy atom. The number of nitrogens with one attached hydrogen (secondary N) is 1. The predicted molar refractivity (Wildman–Crippen MR) is 80.3 cm³/mol. The summed E-state index contributed by atoms with van der Waals surface area (Å²) < 4.78 is 6.78. The highest BCUT2D eigenvalue weighted by Gasteiger charge is 2.02. The lowest BCUT2D eigenvalue weighted by Crippen LogP contribution is -2.06. The Morgan fingerprint density at radius 2 is 1.95 bits per heavy atom.